The van der Waals surface area contributed by atoms with Crippen LogP contribution in [0.25, 0.3) is 0 Å². The standard InChI is InChI=1S/C15H28N4O/c1-6-13-12(10-19(5)17-13)15-14(9-16-11(2)3)20-8-7-18(15)4/h10-11,14-16H,6-9H2,1-5H3. The Morgan fingerprint density at radius 1 is 1.45 bits per heavy atom. The largest absolute Gasteiger partial charge is 0.374 e. The predicted octanol–water partition coefficient (Wildman–Crippen LogP) is 1.35. The Hall–Kier alpha value is -0.910. The quantitative estimate of drug-likeness (QED) is 0.884. The van der Waals surface area contributed by atoms with Crippen LogP contribution in [-0.2, 0) is 18.2 Å². The van der Waals surface area contributed by atoms with E-state index >= 15 is 0 Å². The van der Waals surface area contributed by atoms with Gasteiger partial charge in [0, 0.05) is 37.9 Å². The lowest BCUT2D eigenvalue weighted by molar-refractivity contribution is -0.0622. The van der Waals surface area contributed by atoms with Crippen LogP contribution in [-0.4, -0.2) is 53.6 Å². The molecule has 0 aromatic carbocycles. The second kappa shape index (κ2) is 6.70. The average Bonchev–Trinajstić information content (AvgIpc) is 2.77. The van der Waals surface area contributed by atoms with E-state index in [1.807, 2.05) is 11.7 Å². The molecule has 114 valence electrons. The molecule has 0 spiro atoms. The number of likely N-dealkylation sites (N-methyl/N-ethyl adjacent to an activating group) is 1. The smallest absolute Gasteiger partial charge is 0.0897 e. The third-order valence-electron chi connectivity index (χ3n) is 3.92. The summed E-state index contributed by atoms with van der Waals surface area (Å²) in [5.41, 5.74) is 2.50. The Morgan fingerprint density at radius 3 is 2.85 bits per heavy atom. The molecule has 2 rings (SSSR count). The van der Waals surface area contributed by atoms with Crippen molar-refractivity contribution in [1.29, 1.82) is 0 Å². The maximum Gasteiger partial charge on any atom is 0.0897 e. The van der Waals surface area contributed by atoms with Crippen molar-refractivity contribution in [3.8, 4) is 0 Å². The second-order valence-electron chi connectivity index (χ2n) is 5.96. The van der Waals surface area contributed by atoms with E-state index in [9.17, 15) is 0 Å². The maximum atomic E-state index is 6.03. The van der Waals surface area contributed by atoms with E-state index in [-0.39, 0.29) is 6.10 Å². The molecule has 1 aliphatic rings. The first kappa shape index (κ1) is 15.5. The van der Waals surface area contributed by atoms with Crippen molar-refractivity contribution >= 4 is 0 Å². The van der Waals surface area contributed by atoms with Gasteiger partial charge in [0.1, 0.15) is 0 Å². The molecule has 0 bridgehead atoms. The van der Waals surface area contributed by atoms with Crippen LogP contribution in [0.4, 0.5) is 0 Å². The zero-order valence-corrected chi connectivity index (χ0v) is 13.4. The highest BCUT2D eigenvalue weighted by Gasteiger charge is 2.33. The molecule has 5 nitrogen and oxygen atoms in total. The Bertz CT molecular complexity index is 430. The number of nitrogens with zero attached hydrogens (tertiary/aromatic N) is 3. The summed E-state index contributed by atoms with van der Waals surface area (Å²) < 4.78 is 7.95. The van der Waals surface area contributed by atoms with Crippen molar-refractivity contribution in [1.82, 2.24) is 20.0 Å². The van der Waals surface area contributed by atoms with E-state index < -0.39 is 0 Å². The highest BCUT2D eigenvalue weighted by atomic mass is 16.5. The van der Waals surface area contributed by atoms with Crippen LogP contribution in [0.3, 0.4) is 0 Å². The molecule has 2 atom stereocenters. The third kappa shape index (κ3) is 3.40. The van der Waals surface area contributed by atoms with Gasteiger partial charge in [-0.25, -0.2) is 0 Å². The molecular weight excluding hydrogens is 252 g/mol. The fourth-order valence-electron chi connectivity index (χ4n) is 2.90. The van der Waals surface area contributed by atoms with Gasteiger partial charge >= 0.3 is 0 Å². The van der Waals surface area contributed by atoms with E-state index in [0.29, 0.717) is 12.1 Å². The molecule has 0 amide bonds. The summed E-state index contributed by atoms with van der Waals surface area (Å²) >= 11 is 0. The number of hydrogen-bond acceptors (Lipinski definition) is 4. The molecule has 1 fully saturated rings. The lowest BCUT2D eigenvalue weighted by atomic mass is 9.97. The summed E-state index contributed by atoms with van der Waals surface area (Å²) in [4.78, 5) is 2.40. The van der Waals surface area contributed by atoms with Crippen LogP contribution in [0.5, 0.6) is 0 Å². The molecule has 0 saturated carbocycles. The van der Waals surface area contributed by atoms with E-state index in [1.54, 1.807) is 0 Å². The topological polar surface area (TPSA) is 42.3 Å². The van der Waals surface area contributed by atoms with Gasteiger partial charge in [0.2, 0.25) is 0 Å². The number of ether oxygens (including phenoxy) is 1. The van der Waals surface area contributed by atoms with E-state index in [2.05, 4.69) is 49.3 Å². The van der Waals surface area contributed by atoms with Crippen LogP contribution >= 0.6 is 0 Å². The van der Waals surface area contributed by atoms with Gasteiger partial charge < -0.3 is 10.1 Å². The number of aromatic nitrogens is 2. The minimum Gasteiger partial charge on any atom is -0.374 e. The molecule has 1 aromatic heterocycles. The summed E-state index contributed by atoms with van der Waals surface area (Å²) in [6.07, 6.45) is 3.30. The number of hydrogen-bond donors (Lipinski definition) is 1. The molecule has 2 unspecified atom stereocenters. The van der Waals surface area contributed by atoms with Crippen molar-refractivity contribution in [2.24, 2.45) is 7.05 Å². The van der Waals surface area contributed by atoms with Gasteiger partial charge in [-0.1, -0.05) is 20.8 Å². The summed E-state index contributed by atoms with van der Waals surface area (Å²) in [6.45, 7) is 9.16. The number of rotatable bonds is 5. The van der Waals surface area contributed by atoms with Gasteiger partial charge in [-0.2, -0.15) is 5.10 Å². The fraction of sp³-hybridized carbons (Fsp3) is 0.800. The highest BCUT2D eigenvalue weighted by molar-refractivity contribution is 5.23. The molecule has 5 heteroatoms. The summed E-state index contributed by atoms with van der Waals surface area (Å²) in [5, 5.41) is 8.08. The lowest BCUT2D eigenvalue weighted by Gasteiger charge is -2.39. The van der Waals surface area contributed by atoms with Gasteiger partial charge in [0.25, 0.3) is 0 Å². The van der Waals surface area contributed by atoms with E-state index in [0.717, 1.165) is 26.1 Å². The lowest BCUT2D eigenvalue weighted by Crippen LogP contribution is -2.48. The molecular formula is C15H28N4O. The van der Waals surface area contributed by atoms with E-state index in [1.165, 1.54) is 11.3 Å². The van der Waals surface area contributed by atoms with Crippen LogP contribution in [0.2, 0.25) is 0 Å². The first-order chi connectivity index (χ1) is 9.52. The van der Waals surface area contributed by atoms with Gasteiger partial charge in [-0.05, 0) is 13.5 Å². The second-order valence-corrected chi connectivity index (χ2v) is 5.96. The molecule has 1 saturated heterocycles. The molecule has 0 radical (unpaired) electrons. The molecule has 0 aliphatic carbocycles. The first-order valence-corrected chi connectivity index (χ1v) is 7.60. The van der Waals surface area contributed by atoms with Crippen molar-refractivity contribution in [2.45, 2.75) is 45.4 Å². The van der Waals surface area contributed by atoms with Gasteiger partial charge in [-0.15, -0.1) is 0 Å². The molecule has 20 heavy (non-hydrogen) atoms. The number of morpholine rings is 1. The first-order valence-electron chi connectivity index (χ1n) is 7.60. The predicted molar refractivity (Wildman–Crippen MR) is 80.8 cm³/mol. The fourth-order valence-corrected chi connectivity index (χ4v) is 2.90. The Kier molecular flexibility index (Phi) is 5.18. The molecule has 1 aromatic rings. The summed E-state index contributed by atoms with van der Waals surface area (Å²) in [6, 6.07) is 0.768. The van der Waals surface area contributed by atoms with Gasteiger partial charge in [0.15, 0.2) is 0 Å². The Morgan fingerprint density at radius 2 is 2.20 bits per heavy atom. The van der Waals surface area contributed by atoms with Crippen LogP contribution < -0.4 is 5.32 Å². The number of nitrogens with one attached hydrogen (secondary N) is 1. The van der Waals surface area contributed by atoms with E-state index in [4.69, 9.17) is 4.74 Å². The number of aryl methyl sites for hydroxylation is 2. The minimum atomic E-state index is 0.186. The van der Waals surface area contributed by atoms with Crippen LogP contribution in [0.1, 0.15) is 38.1 Å². The normalized spacial score (nSPS) is 24.5. The molecule has 2 heterocycles. The third-order valence-corrected chi connectivity index (χ3v) is 3.92. The van der Waals surface area contributed by atoms with Crippen LogP contribution in [0.15, 0.2) is 6.20 Å². The monoisotopic (exact) mass is 280 g/mol. The van der Waals surface area contributed by atoms with Crippen molar-refractivity contribution < 1.29 is 4.74 Å². The SMILES string of the molecule is CCc1nn(C)cc1C1C(CNC(C)C)OCCN1C. The van der Waals surface area contributed by atoms with Crippen molar-refractivity contribution in [2.75, 3.05) is 26.7 Å². The molecule has 1 N–H and O–H groups in total. The minimum absolute atomic E-state index is 0.186. The zero-order valence-electron chi connectivity index (χ0n) is 13.4. The molecule has 1 aliphatic heterocycles. The maximum absolute atomic E-state index is 6.03. The Balaban J connectivity index is 2.22. The average molecular weight is 280 g/mol. The van der Waals surface area contributed by atoms with Crippen molar-refractivity contribution in [3.05, 3.63) is 17.5 Å². The summed E-state index contributed by atoms with van der Waals surface area (Å²) in [5.74, 6) is 0. The van der Waals surface area contributed by atoms with Gasteiger partial charge in [-0.3, -0.25) is 9.58 Å². The van der Waals surface area contributed by atoms with Gasteiger partial charge in [0.05, 0.1) is 24.4 Å². The van der Waals surface area contributed by atoms with Crippen molar-refractivity contribution in [3.63, 3.8) is 0 Å². The highest BCUT2D eigenvalue weighted by Crippen LogP contribution is 2.30. The zero-order chi connectivity index (χ0) is 14.7. The summed E-state index contributed by atoms with van der Waals surface area (Å²) in [7, 11) is 4.18. The Labute approximate surface area is 122 Å². The van der Waals surface area contributed by atoms with Crippen LogP contribution in [0, 0.1) is 0 Å².